The standard InChI is InChI=1S/C15H19NO4/c1-11-10-20-13-5-3-2-4-12(13)15(11,14(17)18)16-6-8-19-9-7-16/h2-5,11H,6-10H2,1H3,(H,17,18). The second kappa shape index (κ2) is 5.07. The Kier molecular flexibility index (Phi) is 3.40. The van der Waals surface area contributed by atoms with Crippen molar-refractivity contribution in [2.24, 2.45) is 5.92 Å². The number of hydrogen-bond donors (Lipinski definition) is 1. The molecule has 1 N–H and O–H groups in total. The van der Waals surface area contributed by atoms with Crippen molar-refractivity contribution >= 4 is 5.97 Å². The van der Waals surface area contributed by atoms with E-state index in [1.165, 1.54) is 0 Å². The number of fused-ring (bicyclic) bond motifs is 1. The molecule has 1 aromatic carbocycles. The molecule has 2 aliphatic rings. The van der Waals surface area contributed by atoms with E-state index in [4.69, 9.17) is 9.47 Å². The lowest BCUT2D eigenvalue weighted by Crippen LogP contribution is -2.61. The SMILES string of the molecule is CC1COc2ccccc2C1(C(=O)O)N1CCOCC1. The molecule has 2 aliphatic heterocycles. The maximum absolute atomic E-state index is 12.2. The molecule has 0 aromatic heterocycles. The molecule has 5 heteroatoms. The lowest BCUT2D eigenvalue weighted by atomic mass is 9.75. The summed E-state index contributed by atoms with van der Waals surface area (Å²) in [6.07, 6.45) is 0. The molecule has 108 valence electrons. The number of rotatable bonds is 2. The lowest BCUT2D eigenvalue weighted by molar-refractivity contribution is -0.164. The van der Waals surface area contributed by atoms with Gasteiger partial charge in [0.05, 0.1) is 19.8 Å². The van der Waals surface area contributed by atoms with Crippen molar-refractivity contribution in [3.05, 3.63) is 29.8 Å². The Morgan fingerprint density at radius 2 is 2.05 bits per heavy atom. The predicted molar refractivity (Wildman–Crippen MR) is 72.8 cm³/mol. The van der Waals surface area contributed by atoms with Crippen molar-refractivity contribution in [3.8, 4) is 5.75 Å². The number of carboxylic acids is 1. The van der Waals surface area contributed by atoms with Crippen LogP contribution in [0.2, 0.25) is 0 Å². The summed E-state index contributed by atoms with van der Waals surface area (Å²) in [5, 5.41) is 10.0. The van der Waals surface area contributed by atoms with Crippen LogP contribution in [0, 0.1) is 5.92 Å². The first kappa shape index (κ1) is 13.4. The average molecular weight is 277 g/mol. The van der Waals surface area contributed by atoms with E-state index >= 15 is 0 Å². The summed E-state index contributed by atoms with van der Waals surface area (Å²) in [5.41, 5.74) is -0.258. The summed E-state index contributed by atoms with van der Waals surface area (Å²) >= 11 is 0. The van der Waals surface area contributed by atoms with E-state index in [1.807, 2.05) is 36.1 Å². The molecule has 0 spiro atoms. The van der Waals surface area contributed by atoms with Crippen LogP contribution in [0.1, 0.15) is 12.5 Å². The topological polar surface area (TPSA) is 59.0 Å². The zero-order valence-corrected chi connectivity index (χ0v) is 11.5. The van der Waals surface area contributed by atoms with Gasteiger partial charge in [-0.15, -0.1) is 0 Å². The minimum absolute atomic E-state index is 0.118. The fourth-order valence-electron chi connectivity index (χ4n) is 3.37. The molecule has 1 aromatic rings. The van der Waals surface area contributed by atoms with Crippen molar-refractivity contribution in [1.29, 1.82) is 0 Å². The maximum atomic E-state index is 12.2. The quantitative estimate of drug-likeness (QED) is 0.883. The van der Waals surface area contributed by atoms with E-state index < -0.39 is 11.5 Å². The zero-order valence-electron chi connectivity index (χ0n) is 11.5. The smallest absolute Gasteiger partial charge is 0.329 e. The summed E-state index contributed by atoms with van der Waals surface area (Å²) in [7, 11) is 0. The molecule has 0 bridgehead atoms. The van der Waals surface area contributed by atoms with Gasteiger partial charge in [0.25, 0.3) is 0 Å². The van der Waals surface area contributed by atoms with Crippen LogP contribution in [-0.4, -0.2) is 48.9 Å². The molecule has 2 atom stereocenters. The van der Waals surface area contributed by atoms with Crippen LogP contribution in [0.3, 0.4) is 0 Å². The molecule has 5 nitrogen and oxygen atoms in total. The lowest BCUT2D eigenvalue weighted by Gasteiger charge is -2.48. The average Bonchev–Trinajstić information content (AvgIpc) is 2.48. The number of aliphatic carboxylic acids is 1. The first-order valence-corrected chi connectivity index (χ1v) is 6.96. The summed E-state index contributed by atoms with van der Waals surface area (Å²) in [6.45, 7) is 4.77. The molecule has 20 heavy (non-hydrogen) atoms. The molecule has 2 unspecified atom stereocenters. The van der Waals surface area contributed by atoms with Gasteiger partial charge in [-0.1, -0.05) is 25.1 Å². The van der Waals surface area contributed by atoms with Gasteiger partial charge in [-0.2, -0.15) is 0 Å². The second-order valence-corrected chi connectivity index (χ2v) is 5.38. The van der Waals surface area contributed by atoms with Gasteiger partial charge in [0.15, 0.2) is 5.54 Å². The van der Waals surface area contributed by atoms with Crippen LogP contribution in [0.5, 0.6) is 5.75 Å². The third-order valence-electron chi connectivity index (χ3n) is 4.34. The number of ether oxygens (including phenoxy) is 2. The fourth-order valence-corrected chi connectivity index (χ4v) is 3.37. The van der Waals surface area contributed by atoms with Gasteiger partial charge in [0.1, 0.15) is 5.75 Å². The first-order chi connectivity index (χ1) is 9.67. The van der Waals surface area contributed by atoms with E-state index in [0.717, 1.165) is 5.56 Å². The highest BCUT2D eigenvalue weighted by atomic mass is 16.5. The van der Waals surface area contributed by atoms with Crippen LogP contribution in [0.15, 0.2) is 24.3 Å². The van der Waals surface area contributed by atoms with Crippen molar-refractivity contribution in [2.75, 3.05) is 32.9 Å². The van der Waals surface area contributed by atoms with Crippen LogP contribution in [-0.2, 0) is 15.1 Å². The number of carboxylic acid groups (broad SMARTS) is 1. The molecule has 0 aliphatic carbocycles. The maximum Gasteiger partial charge on any atom is 0.329 e. The Balaban J connectivity index is 2.15. The summed E-state index contributed by atoms with van der Waals surface area (Å²) in [5.74, 6) is -0.241. The van der Waals surface area contributed by atoms with Gasteiger partial charge in [-0.3, -0.25) is 4.90 Å². The third kappa shape index (κ3) is 1.81. The van der Waals surface area contributed by atoms with Crippen LogP contribution < -0.4 is 4.74 Å². The van der Waals surface area contributed by atoms with E-state index in [9.17, 15) is 9.90 Å². The van der Waals surface area contributed by atoms with E-state index in [1.54, 1.807) is 0 Å². The monoisotopic (exact) mass is 277 g/mol. The zero-order chi connectivity index (χ0) is 14.2. The largest absolute Gasteiger partial charge is 0.493 e. The van der Waals surface area contributed by atoms with E-state index in [0.29, 0.717) is 38.7 Å². The van der Waals surface area contributed by atoms with Crippen molar-refractivity contribution in [3.63, 3.8) is 0 Å². The Hall–Kier alpha value is -1.59. The highest BCUT2D eigenvalue weighted by molar-refractivity contribution is 5.83. The normalized spacial score (nSPS) is 30.4. The predicted octanol–water partition coefficient (Wildman–Crippen LogP) is 1.33. The summed E-state index contributed by atoms with van der Waals surface area (Å²) in [6, 6.07) is 7.47. The number of para-hydroxylation sites is 1. The van der Waals surface area contributed by atoms with Gasteiger partial charge < -0.3 is 14.6 Å². The van der Waals surface area contributed by atoms with Crippen LogP contribution in [0.25, 0.3) is 0 Å². The highest BCUT2D eigenvalue weighted by Crippen LogP contribution is 2.45. The van der Waals surface area contributed by atoms with Gasteiger partial charge in [0.2, 0.25) is 0 Å². The molecular weight excluding hydrogens is 258 g/mol. The number of hydrogen-bond acceptors (Lipinski definition) is 4. The Bertz CT molecular complexity index is 512. The van der Waals surface area contributed by atoms with Crippen molar-refractivity contribution in [1.82, 2.24) is 4.90 Å². The molecule has 1 saturated heterocycles. The Morgan fingerprint density at radius 1 is 1.35 bits per heavy atom. The molecule has 0 radical (unpaired) electrons. The second-order valence-electron chi connectivity index (χ2n) is 5.38. The third-order valence-corrected chi connectivity index (χ3v) is 4.34. The van der Waals surface area contributed by atoms with Gasteiger partial charge in [-0.25, -0.2) is 4.79 Å². The van der Waals surface area contributed by atoms with Crippen molar-refractivity contribution < 1.29 is 19.4 Å². The first-order valence-electron chi connectivity index (χ1n) is 6.96. The van der Waals surface area contributed by atoms with Gasteiger partial charge in [-0.05, 0) is 6.07 Å². The van der Waals surface area contributed by atoms with Crippen LogP contribution in [0.4, 0.5) is 0 Å². The molecule has 2 heterocycles. The van der Waals surface area contributed by atoms with E-state index in [2.05, 4.69) is 0 Å². The minimum atomic E-state index is -1.02. The van der Waals surface area contributed by atoms with Gasteiger partial charge in [0, 0.05) is 24.6 Å². The highest BCUT2D eigenvalue weighted by Gasteiger charge is 2.54. The fraction of sp³-hybridized carbons (Fsp3) is 0.533. The minimum Gasteiger partial charge on any atom is -0.493 e. The molecule has 1 fully saturated rings. The molecule has 0 amide bonds. The van der Waals surface area contributed by atoms with Crippen molar-refractivity contribution in [2.45, 2.75) is 12.5 Å². The Labute approximate surface area is 118 Å². The Morgan fingerprint density at radius 3 is 2.75 bits per heavy atom. The molecule has 3 rings (SSSR count). The van der Waals surface area contributed by atoms with Crippen LogP contribution >= 0.6 is 0 Å². The number of carbonyl (C=O) groups is 1. The molecular formula is C15H19NO4. The van der Waals surface area contributed by atoms with Gasteiger partial charge >= 0.3 is 5.97 Å². The summed E-state index contributed by atoms with van der Waals surface area (Å²) in [4.78, 5) is 14.2. The number of nitrogens with zero attached hydrogens (tertiary/aromatic N) is 1. The number of morpholine rings is 1. The molecule has 0 saturated carbocycles. The summed E-state index contributed by atoms with van der Waals surface area (Å²) < 4.78 is 11.1. The number of benzene rings is 1. The van der Waals surface area contributed by atoms with E-state index in [-0.39, 0.29) is 5.92 Å².